The number of aromatic carboxylic acids is 1. The number of pyridine rings is 1. The van der Waals surface area contributed by atoms with Crippen molar-refractivity contribution in [2.75, 3.05) is 24.5 Å². The maximum Gasteiger partial charge on any atom is 0.354 e. The molecule has 1 atom stereocenters. The fraction of sp³-hybridized carbons (Fsp3) is 0.625. The van der Waals surface area contributed by atoms with Gasteiger partial charge in [-0.2, -0.15) is 0 Å². The zero-order valence-corrected chi connectivity index (χ0v) is 12.4. The number of carboxylic acids is 1. The number of anilines is 1. The van der Waals surface area contributed by atoms with Crippen molar-refractivity contribution in [1.82, 2.24) is 9.88 Å². The second kappa shape index (κ2) is 6.43. The molecular weight excluding hydrogens is 266 g/mol. The van der Waals surface area contributed by atoms with Crippen LogP contribution in [-0.2, 0) is 0 Å². The quantitative estimate of drug-likeness (QED) is 0.927. The van der Waals surface area contributed by atoms with Crippen LogP contribution in [0.2, 0.25) is 0 Å². The molecule has 1 aromatic heterocycles. The lowest BCUT2D eigenvalue weighted by atomic mass is 10.0. The summed E-state index contributed by atoms with van der Waals surface area (Å²) in [4.78, 5) is 20.0. The SMILES string of the molecule is O=C(O)c1ccc(N2CCCCC2N2CCCCC2)cn1. The van der Waals surface area contributed by atoms with Crippen molar-refractivity contribution < 1.29 is 9.90 Å². The summed E-state index contributed by atoms with van der Waals surface area (Å²) < 4.78 is 0. The van der Waals surface area contributed by atoms with Gasteiger partial charge in [-0.05, 0) is 44.2 Å². The first kappa shape index (κ1) is 14.3. The zero-order valence-electron chi connectivity index (χ0n) is 12.4. The highest BCUT2D eigenvalue weighted by Gasteiger charge is 2.29. The highest BCUT2D eigenvalue weighted by molar-refractivity contribution is 5.85. The third-order valence-electron chi connectivity index (χ3n) is 4.58. The molecule has 3 rings (SSSR count). The van der Waals surface area contributed by atoms with Gasteiger partial charge >= 0.3 is 5.97 Å². The van der Waals surface area contributed by atoms with E-state index in [9.17, 15) is 4.79 Å². The molecular formula is C16H23N3O2. The van der Waals surface area contributed by atoms with Gasteiger partial charge in [0.2, 0.25) is 0 Å². The number of aromatic nitrogens is 1. The second-order valence-electron chi connectivity index (χ2n) is 5.97. The molecule has 1 aromatic rings. The fourth-order valence-electron chi connectivity index (χ4n) is 3.49. The normalized spacial score (nSPS) is 24.0. The standard InChI is InChI=1S/C16H23N3O2/c20-16(21)14-8-7-13(12-17-14)19-11-5-2-6-15(19)18-9-3-1-4-10-18/h7-8,12,15H,1-6,9-11H2,(H,20,21). The molecule has 114 valence electrons. The number of carboxylic acid groups (broad SMARTS) is 1. The van der Waals surface area contributed by atoms with Crippen LogP contribution < -0.4 is 4.90 Å². The molecule has 2 fully saturated rings. The lowest BCUT2D eigenvalue weighted by molar-refractivity contribution is 0.0690. The summed E-state index contributed by atoms with van der Waals surface area (Å²) in [6, 6.07) is 3.51. The molecule has 21 heavy (non-hydrogen) atoms. The summed E-state index contributed by atoms with van der Waals surface area (Å²) in [6.07, 6.45) is 9.77. The number of piperidine rings is 2. The van der Waals surface area contributed by atoms with Crippen molar-refractivity contribution in [1.29, 1.82) is 0 Å². The molecule has 2 aliphatic heterocycles. The van der Waals surface area contributed by atoms with Gasteiger partial charge in [0.1, 0.15) is 5.69 Å². The first-order chi connectivity index (χ1) is 10.3. The molecule has 1 unspecified atom stereocenters. The Labute approximate surface area is 125 Å². The van der Waals surface area contributed by atoms with Crippen LogP contribution in [0.4, 0.5) is 5.69 Å². The van der Waals surface area contributed by atoms with Gasteiger partial charge in [-0.25, -0.2) is 9.78 Å². The average molecular weight is 289 g/mol. The Kier molecular flexibility index (Phi) is 4.39. The average Bonchev–Trinajstić information content (AvgIpc) is 2.56. The lowest BCUT2D eigenvalue weighted by Crippen LogP contribution is -2.52. The highest BCUT2D eigenvalue weighted by Crippen LogP contribution is 2.28. The monoisotopic (exact) mass is 289 g/mol. The van der Waals surface area contributed by atoms with Crippen LogP contribution in [0, 0.1) is 0 Å². The van der Waals surface area contributed by atoms with Crippen molar-refractivity contribution in [2.45, 2.75) is 44.7 Å². The van der Waals surface area contributed by atoms with Crippen molar-refractivity contribution in [3.8, 4) is 0 Å². The summed E-state index contributed by atoms with van der Waals surface area (Å²) in [5, 5.41) is 8.96. The third-order valence-corrected chi connectivity index (χ3v) is 4.58. The minimum absolute atomic E-state index is 0.116. The molecule has 5 heteroatoms. The van der Waals surface area contributed by atoms with Gasteiger partial charge < -0.3 is 10.0 Å². The van der Waals surface area contributed by atoms with Gasteiger partial charge in [0.25, 0.3) is 0 Å². The van der Waals surface area contributed by atoms with Crippen LogP contribution >= 0.6 is 0 Å². The van der Waals surface area contributed by atoms with E-state index in [4.69, 9.17) is 5.11 Å². The fourth-order valence-corrected chi connectivity index (χ4v) is 3.49. The van der Waals surface area contributed by atoms with Gasteiger partial charge in [0, 0.05) is 19.6 Å². The van der Waals surface area contributed by atoms with Gasteiger partial charge in [0.05, 0.1) is 18.1 Å². The van der Waals surface area contributed by atoms with E-state index in [0.29, 0.717) is 6.17 Å². The van der Waals surface area contributed by atoms with Crippen LogP contribution in [0.1, 0.15) is 49.0 Å². The summed E-state index contributed by atoms with van der Waals surface area (Å²) in [6.45, 7) is 3.40. The van der Waals surface area contributed by atoms with Gasteiger partial charge in [-0.15, -0.1) is 0 Å². The van der Waals surface area contributed by atoms with E-state index >= 15 is 0 Å². The highest BCUT2D eigenvalue weighted by atomic mass is 16.4. The number of hydrogen-bond acceptors (Lipinski definition) is 4. The summed E-state index contributed by atoms with van der Waals surface area (Å²) in [5.41, 5.74) is 1.17. The van der Waals surface area contributed by atoms with Crippen LogP contribution in [-0.4, -0.2) is 46.8 Å². The Balaban J connectivity index is 1.78. The third kappa shape index (κ3) is 3.18. The first-order valence-corrected chi connectivity index (χ1v) is 7.96. The van der Waals surface area contributed by atoms with Crippen LogP contribution in [0.25, 0.3) is 0 Å². The Morgan fingerprint density at radius 3 is 2.52 bits per heavy atom. The number of likely N-dealkylation sites (tertiary alicyclic amines) is 1. The van der Waals surface area contributed by atoms with Crippen molar-refractivity contribution in [3.63, 3.8) is 0 Å². The number of hydrogen-bond donors (Lipinski definition) is 1. The molecule has 2 aliphatic rings. The molecule has 0 aliphatic carbocycles. The van der Waals surface area contributed by atoms with Gasteiger partial charge in [-0.3, -0.25) is 4.90 Å². The molecule has 5 nitrogen and oxygen atoms in total. The summed E-state index contributed by atoms with van der Waals surface area (Å²) >= 11 is 0. The van der Waals surface area contributed by atoms with E-state index < -0.39 is 5.97 Å². The van der Waals surface area contributed by atoms with E-state index in [2.05, 4.69) is 14.8 Å². The molecule has 0 aromatic carbocycles. The molecule has 0 bridgehead atoms. The molecule has 0 saturated carbocycles. The predicted octanol–water partition coefficient (Wildman–Crippen LogP) is 2.58. The minimum Gasteiger partial charge on any atom is -0.477 e. The Bertz CT molecular complexity index is 483. The largest absolute Gasteiger partial charge is 0.477 e. The Morgan fingerprint density at radius 2 is 1.86 bits per heavy atom. The number of nitrogens with zero attached hydrogens (tertiary/aromatic N) is 3. The molecule has 1 N–H and O–H groups in total. The summed E-state index contributed by atoms with van der Waals surface area (Å²) in [5.74, 6) is -0.965. The van der Waals surface area contributed by atoms with Crippen LogP contribution in [0.3, 0.4) is 0 Å². The number of carbonyl (C=O) groups is 1. The smallest absolute Gasteiger partial charge is 0.354 e. The maximum absolute atomic E-state index is 10.9. The van der Waals surface area contributed by atoms with E-state index in [1.807, 2.05) is 6.07 Å². The zero-order chi connectivity index (χ0) is 14.7. The van der Waals surface area contributed by atoms with E-state index in [1.54, 1.807) is 12.3 Å². The predicted molar refractivity (Wildman–Crippen MR) is 81.6 cm³/mol. The molecule has 2 saturated heterocycles. The van der Waals surface area contributed by atoms with Gasteiger partial charge in [0.15, 0.2) is 0 Å². The molecule has 0 spiro atoms. The lowest BCUT2D eigenvalue weighted by Gasteiger charge is -2.45. The Hall–Kier alpha value is -1.62. The molecule has 0 amide bonds. The first-order valence-electron chi connectivity index (χ1n) is 7.96. The summed E-state index contributed by atoms with van der Waals surface area (Å²) in [7, 11) is 0. The second-order valence-corrected chi connectivity index (χ2v) is 5.97. The topological polar surface area (TPSA) is 56.7 Å². The van der Waals surface area contributed by atoms with Crippen LogP contribution in [0.5, 0.6) is 0 Å². The minimum atomic E-state index is -0.965. The van der Waals surface area contributed by atoms with Crippen molar-refractivity contribution >= 4 is 11.7 Å². The number of rotatable bonds is 3. The van der Waals surface area contributed by atoms with E-state index in [1.165, 1.54) is 51.6 Å². The Morgan fingerprint density at radius 1 is 1.10 bits per heavy atom. The van der Waals surface area contributed by atoms with Crippen molar-refractivity contribution in [3.05, 3.63) is 24.0 Å². The molecule has 0 radical (unpaired) electrons. The van der Waals surface area contributed by atoms with E-state index in [0.717, 1.165) is 12.2 Å². The van der Waals surface area contributed by atoms with Crippen molar-refractivity contribution in [2.24, 2.45) is 0 Å². The maximum atomic E-state index is 10.9. The molecule has 3 heterocycles. The van der Waals surface area contributed by atoms with E-state index in [-0.39, 0.29) is 5.69 Å². The van der Waals surface area contributed by atoms with Crippen LogP contribution in [0.15, 0.2) is 18.3 Å². The van der Waals surface area contributed by atoms with Gasteiger partial charge in [-0.1, -0.05) is 6.42 Å².